The minimum atomic E-state index is -4.52. The SMILES string of the molecule is CSCC[C@@H](NC(=O)c1ccccc1)C(=O)N1CCN(c2ncc(C(F)(F)F)cc2Cl)CC1. The van der Waals surface area contributed by atoms with E-state index in [1.54, 1.807) is 45.8 Å². The number of carbonyl (C=O) groups excluding carboxylic acids is 2. The Labute approximate surface area is 199 Å². The van der Waals surface area contributed by atoms with Crippen molar-refractivity contribution in [3.05, 3.63) is 58.7 Å². The summed E-state index contributed by atoms with van der Waals surface area (Å²) < 4.78 is 38.6. The highest BCUT2D eigenvalue weighted by molar-refractivity contribution is 7.98. The molecule has 3 rings (SSSR count). The summed E-state index contributed by atoms with van der Waals surface area (Å²) in [6, 6.07) is 8.89. The van der Waals surface area contributed by atoms with Crippen LogP contribution in [0.2, 0.25) is 5.02 Å². The number of nitrogens with zero attached hydrogens (tertiary/aromatic N) is 3. The largest absolute Gasteiger partial charge is 0.417 e. The van der Waals surface area contributed by atoms with E-state index in [4.69, 9.17) is 11.6 Å². The molecule has 1 aliphatic heterocycles. The molecule has 1 aliphatic rings. The van der Waals surface area contributed by atoms with Crippen molar-refractivity contribution in [3.8, 4) is 0 Å². The van der Waals surface area contributed by atoms with Crippen LogP contribution < -0.4 is 10.2 Å². The van der Waals surface area contributed by atoms with Gasteiger partial charge in [-0.25, -0.2) is 4.98 Å². The number of aromatic nitrogens is 1. The van der Waals surface area contributed by atoms with Crippen LogP contribution in [0.25, 0.3) is 0 Å². The van der Waals surface area contributed by atoms with Crippen molar-refractivity contribution in [2.75, 3.05) is 43.1 Å². The van der Waals surface area contributed by atoms with Crippen LogP contribution in [0.1, 0.15) is 22.3 Å². The van der Waals surface area contributed by atoms with E-state index in [-0.39, 0.29) is 22.7 Å². The lowest BCUT2D eigenvalue weighted by atomic mass is 10.1. The summed E-state index contributed by atoms with van der Waals surface area (Å²) in [7, 11) is 0. The Morgan fingerprint density at radius 2 is 1.85 bits per heavy atom. The molecule has 11 heteroatoms. The number of rotatable bonds is 7. The van der Waals surface area contributed by atoms with Crippen molar-refractivity contribution in [3.63, 3.8) is 0 Å². The van der Waals surface area contributed by atoms with E-state index in [0.717, 1.165) is 12.3 Å². The van der Waals surface area contributed by atoms with Gasteiger partial charge in [0, 0.05) is 37.9 Å². The standard InChI is InChI=1S/C22H24ClF3N4O2S/c1-33-12-7-18(28-20(31)15-5-3-2-4-6-15)21(32)30-10-8-29(9-11-30)19-17(23)13-16(14-27-19)22(24,25)26/h2-6,13-14,18H,7-12H2,1H3,(H,28,31)/t18-/m1/s1. The van der Waals surface area contributed by atoms with Gasteiger partial charge in [0.1, 0.15) is 11.9 Å². The van der Waals surface area contributed by atoms with Crippen LogP contribution in [0.15, 0.2) is 42.6 Å². The van der Waals surface area contributed by atoms with E-state index >= 15 is 0 Å². The molecule has 0 bridgehead atoms. The Bertz CT molecular complexity index is 970. The Morgan fingerprint density at radius 1 is 1.18 bits per heavy atom. The predicted octanol–water partition coefficient (Wildman–Crippen LogP) is 3.95. The van der Waals surface area contributed by atoms with E-state index in [1.165, 1.54) is 0 Å². The Hall–Kier alpha value is -2.46. The van der Waals surface area contributed by atoms with Gasteiger partial charge in [-0.1, -0.05) is 29.8 Å². The van der Waals surface area contributed by atoms with E-state index in [2.05, 4.69) is 10.3 Å². The Morgan fingerprint density at radius 3 is 2.42 bits per heavy atom. The van der Waals surface area contributed by atoms with Crippen LogP contribution in [-0.2, 0) is 11.0 Å². The molecule has 0 aliphatic carbocycles. The van der Waals surface area contributed by atoms with Crippen molar-refractivity contribution in [1.82, 2.24) is 15.2 Å². The molecule has 6 nitrogen and oxygen atoms in total. The number of anilines is 1. The molecule has 0 spiro atoms. The molecule has 0 radical (unpaired) electrons. The minimum Gasteiger partial charge on any atom is -0.352 e. The first kappa shape index (κ1) is 25.2. The highest BCUT2D eigenvalue weighted by atomic mass is 35.5. The fourth-order valence-electron chi connectivity index (χ4n) is 3.50. The first-order valence-electron chi connectivity index (χ1n) is 10.3. The molecule has 1 saturated heterocycles. The molecular weight excluding hydrogens is 477 g/mol. The highest BCUT2D eigenvalue weighted by Crippen LogP contribution is 2.33. The maximum absolute atomic E-state index is 13.2. The van der Waals surface area contributed by atoms with Gasteiger partial charge >= 0.3 is 6.18 Å². The number of hydrogen-bond acceptors (Lipinski definition) is 5. The van der Waals surface area contributed by atoms with Crippen LogP contribution in [0, 0.1) is 0 Å². The number of pyridine rings is 1. The first-order chi connectivity index (χ1) is 15.7. The van der Waals surface area contributed by atoms with Gasteiger partial charge in [-0.2, -0.15) is 24.9 Å². The summed E-state index contributed by atoms with van der Waals surface area (Å²) in [6.45, 7) is 1.42. The Kier molecular flexibility index (Phi) is 8.47. The van der Waals surface area contributed by atoms with E-state index in [9.17, 15) is 22.8 Å². The molecule has 1 atom stereocenters. The maximum atomic E-state index is 13.2. The Balaban J connectivity index is 1.64. The lowest BCUT2D eigenvalue weighted by molar-refractivity contribution is -0.138. The van der Waals surface area contributed by atoms with Crippen molar-refractivity contribution >= 4 is 41.0 Å². The second-order valence-electron chi connectivity index (χ2n) is 7.51. The van der Waals surface area contributed by atoms with Crippen molar-refractivity contribution in [1.29, 1.82) is 0 Å². The number of carbonyl (C=O) groups is 2. The third-order valence-electron chi connectivity index (χ3n) is 5.29. The topological polar surface area (TPSA) is 65.5 Å². The average Bonchev–Trinajstić information content (AvgIpc) is 2.81. The zero-order valence-corrected chi connectivity index (χ0v) is 19.5. The summed E-state index contributed by atoms with van der Waals surface area (Å²) >= 11 is 7.64. The van der Waals surface area contributed by atoms with Crippen molar-refractivity contribution < 1.29 is 22.8 Å². The lowest BCUT2D eigenvalue weighted by Crippen LogP contribution is -2.55. The third-order valence-corrected chi connectivity index (χ3v) is 6.21. The molecule has 2 heterocycles. The molecule has 1 aromatic carbocycles. The highest BCUT2D eigenvalue weighted by Gasteiger charge is 2.33. The van der Waals surface area contributed by atoms with E-state index < -0.39 is 17.8 Å². The molecule has 2 aromatic rings. The first-order valence-corrected chi connectivity index (χ1v) is 12.1. The van der Waals surface area contributed by atoms with Crippen LogP contribution in [0.3, 0.4) is 0 Å². The summed E-state index contributed by atoms with van der Waals surface area (Å²) in [5, 5.41) is 2.75. The summed E-state index contributed by atoms with van der Waals surface area (Å²) in [4.78, 5) is 33.0. The van der Waals surface area contributed by atoms with E-state index in [0.29, 0.717) is 43.9 Å². The third kappa shape index (κ3) is 6.54. The number of alkyl halides is 3. The zero-order chi connectivity index (χ0) is 24.0. The average molecular weight is 501 g/mol. The molecule has 0 saturated carbocycles. The molecular formula is C22H24ClF3N4O2S. The lowest BCUT2D eigenvalue weighted by Gasteiger charge is -2.37. The summed E-state index contributed by atoms with van der Waals surface area (Å²) in [6.07, 6.45) is -1.34. The molecule has 178 valence electrons. The van der Waals surface area contributed by atoms with Crippen LogP contribution in [0.4, 0.5) is 19.0 Å². The normalized spacial score (nSPS) is 15.3. The fraction of sp³-hybridized carbons (Fsp3) is 0.409. The second-order valence-corrected chi connectivity index (χ2v) is 8.91. The number of nitrogens with one attached hydrogen (secondary N) is 1. The van der Waals surface area contributed by atoms with Gasteiger partial charge < -0.3 is 15.1 Å². The van der Waals surface area contributed by atoms with Crippen LogP contribution in [0.5, 0.6) is 0 Å². The smallest absolute Gasteiger partial charge is 0.352 e. The molecule has 1 fully saturated rings. The number of benzene rings is 1. The molecule has 33 heavy (non-hydrogen) atoms. The van der Waals surface area contributed by atoms with Crippen molar-refractivity contribution in [2.45, 2.75) is 18.6 Å². The number of hydrogen-bond donors (Lipinski definition) is 1. The summed E-state index contributed by atoms with van der Waals surface area (Å²) in [5.41, 5.74) is -0.428. The molecule has 0 unspecified atom stereocenters. The van der Waals surface area contributed by atoms with Crippen LogP contribution in [-0.4, -0.2) is 65.9 Å². The number of halogens is 4. The second kappa shape index (κ2) is 11.1. The van der Waals surface area contributed by atoms with Crippen LogP contribution >= 0.6 is 23.4 Å². The number of amides is 2. The van der Waals surface area contributed by atoms with Gasteiger partial charge in [0.25, 0.3) is 5.91 Å². The van der Waals surface area contributed by atoms with Gasteiger partial charge in [-0.3, -0.25) is 9.59 Å². The number of thioether (sulfide) groups is 1. The summed E-state index contributed by atoms with van der Waals surface area (Å²) in [5.74, 6) is 0.471. The van der Waals surface area contributed by atoms with Gasteiger partial charge in [0.2, 0.25) is 5.91 Å². The zero-order valence-electron chi connectivity index (χ0n) is 17.9. The maximum Gasteiger partial charge on any atom is 0.417 e. The van der Waals surface area contributed by atoms with Gasteiger partial charge in [-0.05, 0) is 36.6 Å². The minimum absolute atomic E-state index is 0.0856. The molecule has 1 aromatic heterocycles. The van der Waals surface area contributed by atoms with Gasteiger partial charge in [0.15, 0.2) is 0 Å². The molecule has 1 N–H and O–H groups in total. The fourth-order valence-corrected chi connectivity index (χ4v) is 4.26. The molecule has 2 amide bonds. The predicted molar refractivity (Wildman–Crippen MR) is 124 cm³/mol. The monoisotopic (exact) mass is 500 g/mol. The van der Waals surface area contributed by atoms with Gasteiger partial charge in [0.05, 0.1) is 10.6 Å². The quantitative estimate of drug-likeness (QED) is 0.623. The number of piperazine rings is 1. The van der Waals surface area contributed by atoms with Crippen molar-refractivity contribution in [2.24, 2.45) is 0 Å². The van der Waals surface area contributed by atoms with E-state index in [1.807, 2.05) is 12.3 Å². The van der Waals surface area contributed by atoms with Gasteiger partial charge in [-0.15, -0.1) is 0 Å².